The summed E-state index contributed by atoms with van der Waals surface area (Å²) in [5.41, 5.74) is 5.23. The highest BCUT2D eigenvalue weighted by Gasteiger charge is 2.24. The molecule has 0 saturated carbocycles. The van der Waals surface area contributed by atoms with Gasteiger partial charge in [0.25, 0.3) is 0 Å². The number of phenols is 2. The molecule has 0 aliphatic carbocycles. The first-order valence-corrected chi connectivity index (χ1v) is 7.13. The van der Waals surface area contributed by atoms with Crippen LogP contribution >= 0.6 is 0 Å². The summed E-state index contributed by atoms with van der Waals surface area (Å²) in [5.74, 6) is -1.39. The van der Waals surface area contributed by atoms with Gasteiger partial charge in [-0.3, -0.25) is 0 Å². The van der Waals surface area contributed by atoms with Crippen molar-refractivity contribution in [3.05, 3.63) is 76.5 Å². The number of phenolic OH excluding ortho intramolecular Hbond substituents is 2. The molecule has 0 aliphatic rings. The third-order valence-electron chi connectivity index (χ3n) is 3.36. The van der Waals surface area contributed by atoms with E-state index in [1.54, 1.807) is 38.1 Å². The van der Waals surface area contributed by atoms with Crippen molar-refractivity contribution in [1.29, 1.82) is 0 Å². The largest absolute Gasteiger partial charge is 0.508 e. The van der Waals surface area contributed by atoms with Gasteiger partial charge in [0.05, 0.1) is 5.57 Å². The molecule has 0 fully saturated rings. The van der Waals surface area contributed by atoms with Crippen molar-refractivity contribution >= 4 is 5.97 Å². The smallest absolute Gasteiger partial charge is 0.340 e. The summed E-state index contributed by atoms with van der Waals surface area (Å²) in [4.78, 5) is 11.7. The van der Waals surface area contributed by atoms with Gasteiger partial charge >= 0.3 is 5.97 Å². The molecule has 118 valence electrons. The predicted octanol–water partition coefficient (Wildman–Crippen LogP) is 3.81. The highest BCUT2D eigenvalue weighted by molar-refractivity contribution is 5.89. The molecule has 0 aromatic heterocycles. The second kappa shape index (κ2) is 6.86. The molecule has 0 unspecified atom stereocenters. The van der Waals surface area contributed by atoms with E-state index in [2.05, 4.69) is 5.73 Å². The van der Waals surface area contributed by atoms with Crippen molar-refractivity contribution in [2.24, 2.45) is 0 Å². The molecule has 23 heavy (non-hydrogen) atoms. The van der Waals surface area contributed by atoms with Gasteiger partial charge in [0.1, 0.15) is 11.5 Å². The van der Waals surface area contributed by atoms with Crippen LogP contribution in [0, 0.1) is 0 Å². The lowest BCUT2D eigenvalue weighted by Gasteiger charge is -2.18. The Bertz CT molecular complexity index is 715. The molecule has 0 spiro atoms. The normalized spacial score (nSPS) is 10.2. The number of carboxylic acids is 1. The number of hydrogen-bond donors (Lipinski definition) is 3. The second-order valence-corrected chi connectivity index (χ2v) is 5.46. The van der Waals surface area contributed by atoms with Gasteiger partial charge in [-0.15, -0.1) is 5.73 Å². The fourth-order valence-electron chi connectivity index (χ4n) is 2.38. The molecule has 4 heteroatoms. The summed E-state index contributed by atoms with van der Waals surface area (Å²) in [7, 11) is 0. The highest BCUT2D eigenvalue weighted by Crippen LogP contribution is 2.33. The number of benzene rings is 2. The Balaban J connectivity index is 2.68. The maximum absolute atomic E-state index is 11.7. The summed E-state index contributed by atoms with van der Waals surface area (Å²) < 4.78 is 0. The Labute approximate surface area is 134 Å². The third kappa shape index (κ3) is 4.02. The maximum Gasteiger partial charge on any atom is 0.340 e. The number of rotatable bonds is 4. The van der Waals surface area contributed by atoms with E-state index < -0.39 is 11.9 Å². The van der Waals surface area contributed by atoms with Crippen LogP contribution in [-0.2, 0) is 4.79 Å². The van der Waals surface area contributed by atoms with Crippen LogP contribution in [0.15, 0.2) is 65.4 Å². The Hall–Kier alpha value is -2.97. The van der Waals surface area contributed by atoms with E-state index in [4.69, 9.17) is 0 Å². The third-order valence-corrected chi connectivity index (χ3v) is 3.36. The SMILES string of the molecule is CC(C)=C=C(C(=O)O)C(c1ccc(O)cc1)c1ccc(O)cc1. The maximum atomic E-state index is 11.7. The van der Waals surface area contributed by atoms with Crippen LogP contribution < -0.4 is 0 Å². The zero-order valence-electron chi connectivity index (χ0n) is 12.9. The van der Waals surface area contributed by atoms with Gasteiger partial charge in [-0.2, -0.15) is 0 Å². The van der Waals surface area contributed by atoms with Gasteiger partial charge in [-0.1, -0.05) is 24.3 Å². The molecule has 0 radical (unpaired) electrons. The predicted molar refractivity (Wildman–Crippen MR) is 87.6 cm³/mol. The summed E-state index contributed by atoms with van der Waals surface area (Å²) in [6.07, 6.45) is 0. The number of carboxylic acid groups (broad SMARTS) is 1. The summed E-state index contributed by atoms with van der Waals surface area (Å²) >= 11 is 0. The molecule has 0 bridgehead atoms. The molecule has 2 aromatic carbocycles. The Morgan fingerprint density at radius 2 is 1.26 bits per heavy atom. The van der Waals surface area contributed by atoms with Crippen molar-refractivity contribution in [3.8, 4) is 11.5 Å². The molecule has 2 rings (SSSR count). The van der Waals surface area contributed by atoms with E-state index in [0.717, 1.165) is 16.7 Å². The van der Waals surface area contributed by atoms with E-state index in [1.807, 2.05) is 0 Å². The van der Waals surface area contributed by atoms with Crippen molar-refractivity contribution in [2.75, 3.05) is 0 Å². The minimum Gasteiger partial charge on any atom is -0.508 e. The van der Waals surface area contributed by atoms with Crippen LogP contribution in [0.5, 0.6) is 11.5 Å². The molecule has 0 saturated heterocycles. The number of aliphatic carboxylic acids is 1. The van der Waals surface area contributed by atoms with E-state index in [9.17, 15) is 20.1 Å². The van der Waals surface area contributed by atoms with E-state index in [-0.39, 0.29) is 17.1 Å². The minimum absolute atomic E-state index is 0.112. The first-order chi connectivity index (χ1) is 10.9. The molecule has 3 N–H and O–H groups in total. The monoisotopic (exact) mass is 310 g/mol. The molecule has 0 amide bonds. The average Bonchev–Trinajstić information content (AvgIpc) is 2.49. The fraction of sp³-hybridized carbons (Fsp3) is 0.158. The van der Waals surface area contributed by atoms with Gasteiger partial charge in [0, 0.05) is 5.92 Å². The lowest BCUT2D eigenvalue weighted by Crippen LogP contribution is -2.12. The molecular formula is C19H18O4. The zero-order valence-corrected chi connectivity index (χ0v) is 12.9. The second-order valence-electron chi connectivity index (χ2n) is 5.46. The quantitative estimate of drug-likeness (QED) is 0.593. The van der Waals surface area contributed by atoms with Crippen LogP contribution in [0.2, 0.25) is 0 Å². The van der Waals surface area contributed by atoms with Gasteiger partial charge in [-0.25, -0.2) is 4.79 Å². The molecule has 0 heterocycles. The molecule has 0 atom stereocenters. The van der Waals surface area contributed by atoms with Crippen LogP contribution in [-0.4, -0.2) is 21.3 Å². The van der Waals surface area contributed by atoms with Crippen molar-refractivity contribution < 1.29 is 20.1 Å². The lowest BCUT2D eigenvalue weighted by molar-refractivity contribution is -0.132. The van der Waals surface area contributed by atoms with Gasteiger partial charge in [-0.05, 0) is 54.8 Å². The minimum atomic E-state index is -1.06. The molecule has 0 aliphatic heterocycles. The number of hydrogen-bond acceptors (Lipinski definition) is 3. The number of aromatic hydroxyl groups is 2. The van der Waals surface area contributed by atoms with Crippen molar-refractivity contribution in [2.45, 2.75) is 19.8 Å². The average molecular weight is 310 g/mol. The van der Waals surface area contributed by atoms with Crippen molar-refractivity contribution in [3.63, 3.8) is 0 Å². The Kier molecular flexibility index (Phi) is 4.89. The molecule has 4 nitrogen and oxygen atoms in total. The standard InChI is InChI=1S/C19H18O4/c1-12(2)11-17(19(22)23)18(13-3-7-15(20)8-4-13)14-5-9-16(21)10-6-14/h3-10,18,20-21H,1-2H3,(H,22,23). The molecule has 2 aromatic rings. The van der Waals surface area contributed by atoms with E-state index in [0.29, 0.717) is 0 Å². The fourth-order valence-corrected chi connectivity index (χ4v) is 2.38. The van der Waals surface area contributed by atoms with Crippen LogP contribution in [0.3, 0.4) is 0 Å². The Morgan fingerprint density at radius 1 is 0.870 bits per heavy atom. The van der Waals surface area contributed by atoms with Gasteiger partial charge in [0.15, 0.2) is 0 Å². The van der Waals surface area contributed by atoms with Gasteiger partial charge < -0.3 is 15.3 Å². The van der Waals surface area contributed by atoms with Crippen molar-refractivity contribution in [1.82, 2.24) is 0 Å². The zero-order chi connectivity index (χ0) is 17.0. The van der Waals surface area contributed by atoms with Gasteiger partial charge in [0.2, 0.25) is 0 Å². The summed E-state index contributed by atoms with van der Waals surface area (Å²) in [6.45, 7) is 3.57. The van der Waals surface area contributed by atoms with E-state index in [1.165, 1.54) is 24.3 Å². The summed E-state index contributed by atoms with van der Waals surface area (Å²) in [5, 5.41) is 28.5. The first kappa shape index (κ1) is 16.4. The highest BCUT2D eigenvalue weighted by atomic mass is 16.4. The van der Waals surface area contributed by atoms with Crippen LogP contribution in [0.25, 0.3) is 0 Å². The summed E-state index contributed by atoms with van der Waals surface area (Å²) in [6, 6.07) is 12.8. The Morgan fingerprint density at radius 3 is 1.57 bits per heavy atom. The van der Waals surface area contributed by atoms with E-state index >= 15 is 0 Å². The van der Waals surface area contributed by atoms with Crippen LogP contribution in [0.4, 0.5) is 0 Å². The first-order valence-electron chi connectivity index (χ1n) is 7.13. The van der Waals surface area contributed by atoms with Crippen LogP contribution in [0.1, 0.15) is 30.9 Å². The molecular weight excluding hydrogens is 292 g/mol. The number of carbonyl (C=O) groups is 1. The lowest BCUT2D eigenvalue weighted by atomic mass is 9.84. The topological polar surface area (TPSA) is 77.8 Å².